The van der Waals surface area contributed by atoms with Gasteiger partial charge in [0.1, 0.15) is 6.61 Å². The summed E-state index contributed by atoms with van der Waals surface area (Å²) in [6.45, 7) is 2.11. The maximum atomic E-state index is 13.7. The zero-order valence-electron chi connectivity index (χ0n) is 11.7. The minimum atomic E-state index is -0.495. The second-order valence-electron chi connectivity index (χ2n) is 4.40. The van der Waals surface area contributed by atoms with Gasteiger partial charge in [-0.05, 0) is 29.7 Å². The van der Waals surface area contributed by atoms with Gasteiger partial charge in [0.05, 0.1) is 0 Å². The van der Waals surface area contributed by atoms with Crippen molar-refractivity contribution in [2.45, 2.75) is 20.0 Å². The highest BCUT2D eigenvalue weighted by Gasteiger charge is 2.09. The normalized spacial score (nSPS) is 9.62. The standard InChI is InChI=1S/C18H15FO2/c1-2-3-9-17(20)15-10-11-16(19)18(12-15)21-13-14-7-5-4-6-8-14/h4-8,10-12H,2,13H2,1H3. The van der Waals surface area contributed by atoms with Crippen LogP contribution >= 0.6 is 0 Å². The molecule has 0 unspecified atom stereocenters. The summed E-state index contributed by atoms with van der Waals surface area (Å²) in [6, 6.07) is 13.5. The molecule has 0 atom stereocenters. The Morgan fingerprint density at radius 3 is 2.67 bits per heavy atom. The van der Waals surface area contributed by atoms with Crippen LogP contribution in [0.15, 0.2) is 48.5 Å². The Bertz CT molecular complexity index is 681. The summed E-state index contributed by atoms with van der Waals surface area (Å²) in [5.74, 6) is 4.44. The number of ketones is 1. The van der Waals surface area contributed by atoms with Crippen molar-refractivity contribution in [1.82, 2.24) is 0 Å². The first kappa shape index (κ1) is 14.8. The van der Waals surface area contributed by atoms with E-state index in [-0.39, 0.29) is 18.1 Å². The summed E-state index contributed by atoms with van der Waals surface area (Å²) < 4.78 is 19.2. The Labute approximate surface area is 123 Å². The second kappa shape index (κ2) is 7.25. The predicted molar refractivity (Wildman–Crippen MR) is 79.6 cm³/mol. The lowest BCUT2D eigenvalue weighted by molar-refractivity contribution is 0.105. The van der Waals surface area contributed by atoms with Crippen LogP contribution in [0.2, 0.25) is 0 Å². The zero-order chi connectivity index (χ0) is 15.1. The van der Waals surface area contributed by atoms with Crippen LogP contribution in [0.1, 0.15) is 29.3 Å². The van der Waals surface area contributed by atoms with Gasteiger partial charge >= 0.3 is 0 Å². The molecule has 0 saturated heterocycles. The number of hydrogen-bond donors (Lipinski definition) is 0. The minimum absolute atomic E-state index is 0.0583. The predicted octanol–water partition coefficient (Wildman–Crippen LogP) is 4.00. The fraction of sp³-hybridized carbons (Fsp3) is 0.167. The van der Waals surface area contributed by atoms with Crippen LogP contribution in [-0.4, -0.2) is 5.78 Å². The quantitative estimate of drug-likeness (QED) is 0.481. The molecule has 0 bridgehead atoms. The van der Waals surface area contributed by atoms with E-state index in [1.54, 1.807) is 0 Å². The molecule has 2 aromatic carbocycles. The van der Waals surface area contributed by atoms with Crippen molar-refractivity contribution >= 4 is 5.78 Å². The number of carbonyl (C=O) groups excluding carboxylic acids is 1. The number of Topliss-reactive ketones (excluding diaryl/α,β-unsaturated/α-hetero) is 1. The Balaban J connectivity index is 2.14. The molecule has 21 heavy (non-hydrogen) atoms. The van der Waals surface area contributed by atoms with Crippen LogP contribution in [0.5, 0.6) is 5.75 Å². The Hall–Kier alpha value is -2.60. The monoisotopic (exact) mass is 282 g/mol. The number of ether oxygens (including phenoxy) is 1. The summed E-state index contributed by atoms with van der Waals surface area (Å²) in [4.78, 5) is 11.8. The highest BCUT2D eigenvalue weighted by molar-refractivity contribution is 6.09. The lowest BCUT2D eigenvalue weighted by atomic mass is 10.1. The molecule has 0 aliphatic rings. The van der Waals surface area contributed by atoms with Crippen molar-refractivity contribution < 1.29 is 13.9 Å². The van der Waals surface area contributed by atoms with E-state index in [0.29, 0.717) is 12.0 Å². The van der Waals surface area contributed by atoms with Crippen molar-refractivity contribution in [1.29, 1.82) is 0 Å². The average molecular weight is 282 g/mol. The molecule has 0 amide bonds. The number of rotatable bonds is 4. The second-order valence-corrected chi connectivity index (χ2v) is 4.40. The van der Waals surface area contributed by atoms with Crippen LogP contribution in [0.4, 0.5) is 4.39 Å². The number of benzene rings is 2. The molecular formula is C18H15FO2. The highest BCUT2D eigenvalue weighted by Crippen LogP contribution is 2.20. The third kappa shape index (κ3) is 4.19. The van der Waals surface area contributed by atoms with E-state index in [4.69, 9.17) is 4.74 Å². The van der Waals surface area contributed by atoms with Crippen LogP contribution in [-0.2, 0) is 6.61 Å². The van der Waals surface area contributed by atoms with E-state index >= 15 is 0 Å². The number of hydrogen-bond acceptors (Lipinski definition) is 2. The van der Waals surface area contributed by atoms with E-state index in [1.165, 1.54) is 18.2 Å². The first-order valence-corrected chi connectivity index (χ1v) is 6.70. The molecule has 0 saturated carbocycles. The largest absolute Gasteiger partial charge is 0.486 e. The Morgan fingerprint density at radius 2 is 1.95 bits per heavy atom. The highest BCUT2D eigenvalue weighted by atomic mass is 19.1. The smallest absolute Gasteiger partial charge is 0.236 e. The number of carbonyl (C=O) groups is 1. The summed E-state index contributed by atoms with van der Waals surface area (Å²) in [5.41, 5.74) is 1.26. The topological polar surface area (TPSA) is 26.3 Å². The van der Waals surface area contributed by atoms with Crippen molar-refractivity contribution in [3.8, 4) is 17.6 Å². The van der Waals surface area contributed by atoms with Gasteiger partial charge in [-0.25, -0.2) is 4.39 Å². The fourth-order valence-corrected chi connectivity index (χ4v) is 1.73. The van der Waals surface area contributed by atoms with Gasteiger partial charge in [0.2, 0.25) is 5.78 Å². The third-order valence-corrected chi connectivity index (χ3v) is 2.81. The van der Waals surface area contributed by atoms with Gasteiger partial charge in [0, 0.05) is 12.0 Å². The van der Waals surface area contributed by atoms with Gasteiger partial charge in [-0.2, -0.15) is 0 Å². The van der Waals surface area contributed by atoms with Gasteiger partial charge in [-0.15, -0.1) is 0 Å². The van der Waals surface area contributed by atoms with Gasteiger partial charge in [0.15, 0.2) is 11.6 Å². The lowest BCUT2D eigenvalue weighted by Gasteiger charge is -2.08. The van der Waals surface area contributed by atoms with Crippen molar-refractivity contribution in [2.24, 2.45) is 0 Å². The first-order valence-electron chi connectivity index (χ1n) is 6.70. The maximum Gasteiger partial charge on any atom is 0.236 e. The first-order chi connectivity index (χ1) is 10.2. The van der Waals surface area contributed by atoms with Gasteiger partial charge in [-0.3, -0.25) is 4.79 Å². The zero-order valence-corrected chi connectivity index (χ0v) is 11.7. The third-order valence-electron chi connectivity index (χ3n) is 2.81. The molecule has 0 radical (unpaired) electrons. The molecule has 106 valence electrons. The van der Waals surface area contributed by atoms with Crippen LogP contribution in [0.3, 0.4) is 0 Å². The van der Waals surface area contributed by atoms with Crippen LogP contribution < -0.4 is 4.74 Å². The fourth-order valence-electron chi connectivity index (χ4n) is 1.73. The maximum absolute atomic E-state index is 13.7. The van der Waals surface area contributed by atoms with Gasteiger partial charge < -0.3 is 4.74 Å². The summed E-state index contributed by atoms with van der Waals surface area (Å²) in [6.07, 6.45) is 0.601. The van der Waals surface area contributed by atoms with Crippen molar-refractivity contribution in [3.05, 3.63) is 65.5 Å². The van der Waals surface area contributed by atoms with E-state index in [2.05, 4.69) is 11.8 Å². The molecule has 2 nitrogen and oxygen atoms in total. The van der Waals surface area contributed by atoms with Crippen LogP contribution in [0.25, 0.3) is 0 Å². The van der Waals surface area contributed by atoms with E-state index in [0.717, 1.165) is 5.56 Å². The number of halogens is 1. The minimum Gasteiger partial charge on any atom is -0.486 e. The molecular weight excluding hydrogens is 267 g/mol. The molecule has 0 aliphatic heterocycles. The Morgan fingerprint density at radius 1 is 1.19 bits per heavy atom. The Kier molecular flexibility index (Phi) is 5.11. The van der Waals surface area contributed by atoms with E-state index in [1.807, 2.05) is 37.3 Å². The molecule has 0 fully saturated rings. The molecule has 3 heteroatoms. The molecule has 0 N–H and O–H groups in total. The SMILES string of the molecule is CCC#CC(=O)c1ccc(F)c(OCc2ccccc2)c1. The lowest BCUT2D eigenvalue weighted by Crippen LogP contribution is -2.01. The summed E-state index contributed by atoms with van der Waals surface area (Å²) >= 11 is 0. The average Bonchev–Trinajstić information content (AvgIpc) is 2.52. The molecule has 0 aromatic heterocycles. The molecule has 2 rings (SSSR count). The van der Waals surface area contributed by atoms with Crippen molar-refractivity contribution in [3.63, 3.8) is 0 Å². The summed E-state index contributed by atoms with van der Waals surface area (Å²) in [5, 5.41) is 0. The van der Waals surface area contributed by atoms with Gasteiger partial charge in [-0.1, -0.05) is 43.2 Å². The van der Waals surface area contributed by atoms with Gasteiger partial charge in [0.25, 0.3) is 0 Å². The molecule has 0 heterocycles. The van der Waals surface area contributed by atoms with Crippen molar-refractivity contribution in [2.75, 3.05) is 0 Å². The molecule has 0 aliphatic carbocycles. The van der Waals surface area contributed by atoms with Crippen LogP contribution in [0, 0.1) is 17.7 Å². The van der Waals surface area contributed by atoms with E-state index < -0.39 is 5.82 Å². The van der Waals surface area contributed by atoms with E-state index in [9.17, 15) is 9.18 Å². The summed E-state index contributed by atoms with van der Waals surface area (Å²) in [7, 11) is 0. The molecule has 2 aromatic rings. The molecule has 0 spiro atoms.